The fraction of sp³-hybridized carbons (Fsp3) is 0.875. The maximum absolute atomic E-state index is 12.2. The van der Waals surface area contributed by atoms with E-state index in [1.54, 1.807) is 5.32 Å². The average Bonchev–Trinajstić information content (AvgIpc) is 2.18. The lowest BCUT2D eigenvalue weighted by atomic mass is 10.1. The maximum atomic E-state index is 12.2. The van der Waals surface area contributed by atoms with Crippen LogP contribution in [0.2, 0.25) is 0 Å². The molecule has 0 aromatic rings. The molecule has 88 valence electrons. The predicted molar refractivity (Wildman–Crippen MR) is 46.0 cm³/mol. The molecule has 6 nitrogen and oxygen atoms in total. The van der Waals surface area contributed by atoms with Gasteiger partial charge in [0.05, 0.1) is 0 Å². The van der Waals surface area contributed by atoms with Crippen LogP contribution in [0.5, 0.6) is 0 Å². The number of hydrogen-bond donors (Lipinski definition) is 4. The third-order valence-electron chi connectivity index (χ3n) is 2.11. The Kier molecular flexibility index (Phi) is 3.97. The SMILES string of the molecule is O=C(NC(O)(O)C(O)F)C1CCCCO1. The van der Waals surface area contributed by atoms with Crippen LogP contribution in [0.25, 0.3) is 0 Å². The van der Waals surface area contributed by atoms with Crippen LogP contribution in [0.4, 0.5) is 4.39 Å². The highest BCUT2D eigenvalue weighted by Gasteiger charge is 2.37. The molecule has 1 fully saturated rings. The van der Waals surface area contributed by atoms with Gasteiger partial charge >= 0.3 is 5.91 Å². The van der Waals surface area contributed by atoms with Crippen molar-refractivity contribution in [3.8, 4) is 0 Å². The second kappa shape index (κ2) is 4.84. The van der Waals surface area contributed by atoms with Gasteiger partial charge in [-0.1, -0.05) is 0 Å². The van der Waals surface area contributed by atoms with E-state index in [0.717, 1.165) is 12.8 Å². The molecule has 0 aliphatic carbocycles. The first-order valence-electron chi connectivity index (χ1n) is 4.64. The minimum Gasteiger partial charge on any atom is -0.368 e. The number of alkyl halides is 1. The quantitative estimate of drug-likeness (QED) is 0.441. The molecule has 0 saturated carbocycles. The zero-order valence-corrected chi connectivity index (χ0v) is 8.02. The van der Waals surface area contributed by atoms with Gasteiger partial charge in [0.1, 0.15) is 6.10 Å². The largest absolute Gasteiger partial charge is 0.368 e. The molecule has 1 amide bonds. The molecular formula is C8H14FNO5. The summed E-state index contributed by atoms with van der Waals surface area (Å²) in [6, 6.07) is 0. The van der Waals surface area contributed by atoms with Gasteiger partial charge in [0.25, 0.3) is 12.3 Å². The van der Waals surface area contributed by atoms with Crippen molar-refractivity contribution < 1.29 is 29.2 Å². The highest BCUT2D eigenvalue weighted by molar-refractivity contribution is 5.81. The summed E-state index contributed by atoms with van der Waals surface area (Å²) >= 11 is 0. The Bertz CT molecular complexity index is 227. The zero-order chi connectivity index (χ0) is 11.5. The average molecular weight is 223 g/mol. The number of nitrogens with one attached hydrogen (secondary N) is 1. The highest BCUT2D eigenvalue weighted by atomic mass is 19.1. The summed E-state index contributed by atoms with van der Waals surface area (Å²) in [6.45, 7) is 0.403. The number of carbonyl (C=O) groups excluding carboxylic acids is 1. The number of aliphatic hydroxyl groups excluding tert-OH is 1. The van der Waals surface area contributed by atoms with E-state index in [1.807, 2.05) is 0 Å². The molecule has 4 N–H and O–H groups in total. The monoisotopic (exact) mass is 223 g/mol. The predicted octanol–water partition coefficient (Wildman–Crippen LogP) is -1.40. The van der Waals surface area contributed by atoms with E-state index < -0.39 is 24.3 Å². The molecule has 0 radical (unpaired) electrons. The number of halogens is 1. The van der Waals surface area contributed by atoms with Crippen molar-refractivity contribution in [1.29, 1.82) is 0 Å². The maximum Gasteiger partial charge on any atom is 0.305 e. The van der Waals surface area contributed by atoms with Crippen LogP contribution in [0.15, 0.2) is 0 Å². The third-order valence-corrected chi connectivity index (χ3v) is 2.11. The molecule has 15 heavy (non-hydrogen) atoms. The smallest absolute Gasteiger partial charge is 0.305 e. The Morgan fingerprint density at radius 3 is 2.67 bits per heavy atom. The Labute approximate surface area is 85.7 Å². The molecule has 0 bridgehead atoms. The molecule has 0 aromatic heterocycles. The first-order valence-corrected chi connectivity index (χ1v) is 4.64. The van der Waals surface area contributed by atoms with E-state index in [4.69, 9.17) is 20.1 Å². The summed E-state index contributed by atoms with van der Waals surface area (Å²) in [4.78, 5) is 11.3. The Balaban J connectivity index is 2.47. The van der Waals surface area contributed by atoms with Gasteiger partial charge in [-0.15, -0.1) is 0 Å². The number of carbonyl (C=O) groups is 1. The van der Waals surface area contributed by atoms with E-state index >= 15 is 0 Å². The number of amides is 1. The molecule has 1 aliphatic heterocycles. The topological polar surface area (TPSA) is 99.0 Å². The summed E-state index contributed by atoms with van der Waals surface area (Å²) < 4.78 is 17.2. The van der Waals surface area contributed by atoms with Gasteiger partial charge in [-0.2, -0.15) is 0 Å². The van der Waals surface area contributed by atoms with Gasteiger partial charge in [0, 0.05) is 6.61 Å². The summed E-state index contributed by atoms with van der Waals surface area (Å²) in [5.41, 5.74) is 0. The fourth-order valence-corrected chi connectivity index (χ4v) is 1.27. The van der Waals surface area contributed by atoms with Crippen molar-refractivity contribution in [2.75, 3.05) is 6.61 Å². The van der Waals surface area contributed by atoms with Gasteiger partial charge in [-0.05, 0) is 19.3 Å². The lowest BCUT2D eigenvalue weighted by molar-refractivity contribution is -0.279. The molecule has 2 unspecified atom stereocenters. The van der Waals surface area contributed by atoms with Crippen molar-refractivity contribution in [1.82, 2.24) is 5.32 Å². The zero-order valence-electron chi connectivity index (χ0n) is 8.02. The number of rotatable bonds is 3. The number of ether oxygens (including phenoxy) is 1. The van der Waals surface area contributed by atoms with Crippen LogP contribution in [0.3, 0.4) is 0 Å². The molecule has 7 heteroatoms. The molecule has 1 heterocycles. The Morgan fingerprint density at radius 2 is 2.20 bits per heavy atom. The number of hydrogen-bond acceptors (Lipinski definition) is 5. The second-order valence-electron chi connectivity index (χ2n) is 3.41. The summed E-state index contributed by atoms with van der Waals surface area (Å²) in [6.07, 6.45) is -1.75. The van der Waals surface area contributed by atoms with Gasteiger partial charge in [-0.3, -0.25) is 10.1 Å². The van der Waals surface area contributed by atoms with Crippen molar-refractivity contribution in [2.45, 2.75) is 37.6 Å². The Morgan fingerprint density at radius 1 is 1.53 bits per heavy atom. The normalized spacial score (nSPS) is 24.7. The van der Waals surface area contributed by atoms with Crippen LogP contribution in [-0.2, 0) is 9.53 Å². The van der Waals surface area contributed by atoms with Crippen LogP contribution >= 0.6 is 0 Å². The fourth-order valence-electron chi connectivity index (χ4n) is 1.27. The molecule has 2 atom stereocenters. The van der Waals surface area contributed by atoms with Crippen LogP contribution in [0, 0.1) is 0 Å². The van der Waals surface area contributed by atoms with Gasteiger partial charge in [0.2, 0.25) is 0 Å². The summed E-state index contributed by atoms with van der Waals surface area (Å²) in [5.74, 6) is -4.12. The van der Waals surface area contributed by atoms with E-state index in [-0.39, 0.29) is 0 Å². The minimum atomic E-state index is -3.27. The first-order chi connectivity index (χ1) is 6.93. The number of aliphatic hydroxyl groups is 3. The third kappa shape index (κ3) is 3.38. The Hall–Kier alpha value is -0.760. The lowest BCUT2D eigenvalue weighted by Gasteiger charge is -2.27. The molecule has 1 saturated heterocycles. The second-order valence-corrected chi connectivity index (χ2v) is 3.41. The minimum absolute atomic E-state index is 0.403. The lowest BCUT2D eigenvalue weighted by Crippen LogP contribution is -2.58. The van der Waals surface area contributed by atoms with E-state index in [0.29, 0.717) is 13.0 Å². The summed E-state index contributed by atoms with van der Waals surface area (Å²) in [5, 5.41) is 27.5. The van der Waals surface area contributed by atoms with Crippen LogP contribution in [-0.4, -0.2) is 46.2 Å². The molecule has 0 aromatic carbocycles. The van der Waals surface area contributed by atoms with Crippen molar-refractivity contribution in [3.63, 3.8) is 0 Å². The van der Waals surface area contributed by atoms with Crippen molar-refractivity contribution >= 4 is 5.91 Å². The summed E-state index contributed by atoms with van der Waals surface area (Å²) in [7, 11) is 0. The van der Waals surface area contributed by atoms with Gasteiger partial charge in [0.15, 0.2) is 0 Å². The first kappa shape index (κ1) is 12.3. The van der Waals surface area contributed by atoms with E-state index in [2.05, 4.69) is 0 Å². The highest BCUT2D eigenvalue weighted by Crippen LogP contribution is 2.14. The van der Waals surface area contributed by atoms with Crippen molar-refractivity contribution in [2.24, 2.45) is 0 Å². The van der Waals surface area contributed by atoms with Crippen LogP contribution < -0.4 is 5.32 Å². The van der Waals surface area contributed by atoms with Gasteiger partial charge in [-0.25, -0.2) is 4.39 Å². The molecule has 0 spiro atoms. The van der Waals surface area contributed by atoms with E-state index in [1.165, 1.54) is 0 Å². The molecule has 1 rings (SSSR count). The van der Waals surface area contributed by atoms with Gasteiger partial charge < -0.3 is 20.1 Å². The van der Waals surface area contributed by atoms with Crippen molar-refractivity contribution in [3.05, 3.63) is 0 Å². The standard InChI is InChI=1S/C8H14FNO5/c9-7(12)8(13,14)10-6(11)5-3-1-2-4-15-5/h5,7,12-14H,1-4H2,(H,10,11). The van der Waals surface area contributed by atoms with Crippen LogP contribution in [0.1, 0.15) is 19.3 Å². The molecule has 1 aliphatic rings. The molecular weight excluding hydrogens is 209 g/mol. The van der Waals surface area contributed by atoms with E-state index in [9.17, 15) is 9.18 Å².